The number of rotatable bonds is 3. The third kappa shape index (κ3) is 2.44. The van der Waals surface area contributed by atoms with Crippen molar-refractivity contribution in [3.8, 4) is 5.69 Å². The van der Waals surface area contributed by atoms with Gasteiger partial charge in [0.15, 0.2) is 0 Å². The molecule has 0 N–H and O–H groups in total. The van der Waals surface area contributed by atoms with Crippen LogP contribution in [0.1, 0.15) is 11.3 Å². The first-order chi connectivity index (χ1) is 8.52. The number of halogens is 2. The molecule has 1 aromatic carbocycles. The van der Waals surface area contributed by atoms with Crippen LogP contribution < -0.4 is 0 Å². The minimum Gasteiger partial charge on any atom is -0.258 e. The third-order valence-corrected chi connectivity index (χ3v) is 3.60. The number of aryl methyl sites for hydroxylation is 1. The molecule has 8 heteroatoms. The molecule has 2 aromatic rings. The van der Waals surface area contributed by atoms with Gasteiger partial charge in [-0.1, -0.05) is 21.1 Å². The molecule has 0 unspecified atom stereocenters. The lowest BCUT2D eigenvalue weighted by atomic mass is 10.2. The molecule has 1 heterocycles. The second kappa shape index (κ2) is 5.15. The average Bonchev–Trinajstić information content (AvgIpc) is 2.77. The monoisotopic (exact) mass is 374 g/mol. The van der Waals surface area contributed by atoms with E-state index in [0.717, 1.165) is 10.2 Å². The first-order valence-corrected chi connectivity index (χ1v) is 6.86. The fourth-order valence-electron chi connectivity index (χ4n) is 1.50. The zero-order valence-electron chi connectivity index (χ0n) is 9.30. The summed E-state index contributed by atoms with van der Waals surface area (Å²) in [5.41, 5.74) is 2.00. The summed E-state index contributed by atoms with van der Waals surface area (Å²) in [6.07, 6.45) is 1.72. The largest absolute Gasteiger partial charge is 0.274 e. The SMILES string of the molecule is Cc1cc(Br)c(-n2cc(CBr)nn2)cc1[N+](=O)[O-]. The molecule has 0 aliphatic heterocycles. The van der Waals surface area contributed by atoms with E-state index in [2.05, 4.69) is 42.2 Å². The van der Waals surface area contributed by atoms with Crippen molar-refractivity contribution < 1.29 is 4.92 Å². The van der Waals surface area contributed by atoms with Gasteiger partial charge in [-0.25, -0.2) is 4.68 Å². The van der Waals surface area contributed by atoms with Crippen molar-refractivity contribution in [1.29, 1.82) is 0 Å². The summed E-state index contributed by atoms with van der Waals surface area (Å²) in [5, 5.41) is 19.4. The van der Waals surface area contributed by atoms with Gasteiger partial charge in [0.05, 0.1) is 22.5 Å². The number of hydrogen-bond acceptors (Lipinski definition) is 4. The zero-order valence-corrected chi connectivity index (χ0v) is 12.5. The number of aromatic nitrogens is 3. The van der Waals surface area contributed by atoms with Crippen LogP contribution in [-0.2, 0) is 5.33 Å². The van der Waals surface area contributed by atoms with E-state index >= 15 is 0 Å². The van der Waals surface area contributed by atoms with Gasteiger partial charge in [0, 0.05) is 21.4 Å². The maximum atomic E-state index is 10.9. The van der Waals surface area contributed by atoms with Gasteiger partial charge in [-0.3, -0.25) is 10.1 Å². The van der Waals surface area contributed by atoms with Crippen molar-refractivity contribution in [2.45, 2.75) is 12.3 Å². The highest BCUT2D eigenvalue weighted by Crippen LogP contribution is 2.29. The number of nitro benzene ring substituents is 1. The summed E-state index contributed by atoms with van der Waals surface area (Å²) in [5.74, 6) is 0. The Bertz CT molecular complexity index is 612. The minimum atomic E-state index is -0.409. The smallest absolute Gasteiger partial charge is 0.258 e. The molecule has 0 amide bonds. The van der Waals surface area contributed by atoms with E-state index in [0.29, 0.717) is 16.6 Å². The van der Waals surface area contributed by atoms with Crippen molar-refractivity contribution >= 4 is 37.5 Å². The van der Waals surface area contributed by atoms with Gasteiger partial charge in [0.1, 0.15) is 0 Å². The van der Waals surface area contributed by atoms with Gasteiger partial charge in [-0.15, -0.1) is 5.10 Å². The maximum absolute atomic E-state index is 10.9. The predicted octanol–water partition coefficient (Wildman–Crippen LogP) is 3.14. The maximum Gasteiger partial charge on any atom is 0.274 e. The molecule has 0 saturated carbocycles. The van der Waals surface area contributed by atoms with Gasteiger partial charge >= 0.3 is 0 Å². The Labute approximate surface area is 119 Å². The summed E-state index contributed by atoms with van der Waals surface area (Å²) in [4.78, 5) is 10.5. The fourth-order valence-corrected chi connectivity index (χ4v) is 2.40. The number of benzene rings is 1. The Morgan fingerprint density at radius 1 is 1.50 bits per heavy atom. The van der Waals surface area contributed by atoms with E-state index < -0.39 is 4.92 Å². The second-order valence-electron chi connectivity index (χ2n) is 3.64. The lowest BCUT2D eigenvalue weighted by molar-refractivity contribution is -0.385. The average molecular weight is 376 g/mol. The Morgan fingerprint density at radius 2 is 2.22 bits per heavy atom. The lowest BCUT2D eigenvalue weighted by Gasteiger charge is -2.05. The van der Waals surface area contributed by atoms with E-state index in [9.17, 15) is 10.1 Å². The van der Waals surface area contributed by atoms with Crippen molar-refractivity contribution in [3.63, 3.8) is 0 Å². The minimum absolute atomic E-state index is 0.0593. The summed E-state index contributed by atoms with van der Waals surface area (Å²) in [6.45, 7) is 1.69. The number of nitrogens with zero attached hydrogens (tertiary/aromatic N) is 4. The van der Waals surface area contributed by atoms with Crippen LogP contribution in [0.4, 0.5) is 5.69 Å². The Kier molecular flexibility index (Phi) is 3.76. The molecule has 0 aliphatic rings. The second-order valence-corrected chi connectivity index (χ2v) is 5.05. The molecule has 0 radical (unpaired) electrons. The van der Waals surface area contributed by atoms with Crippen molar-refractivity contribution in [2.24, 2.45) is 0 Å². The third-order valence-electron chi connectivity index (χ3n) is 2.39. The topological polar surface area (TPSA) is 73.8 Å². The Hall–Kier alpha value is -1.28. The zero-order chi connectivity index (χ0) is 13.3. The van der Waals surface area contributed by atoms with Crippen LogP contribution in [0.2, 0.25) is 0 Å². The highest BCUT2D eigenvalue weighted by Gasteiger charge is 2.16. The van der Waals surface area contributed by atoms with E-state index in [4.69, 9.17) is 0 Å². The quantitative estimate of drug-likeness (QED) is 0.469. The molecule has 0 aliphatic carbocycles. The molecule has 94 valence electrons. The van der Waals surface area contributed by atoms with Gasteiger partial charge in [-0.2, -0.15) is 0 Å². The first kappa shape index (κ1) is 13.2. The van der Waals surface area contributed by atoms with E-state index in [1.54, 1.807) is 19.2 Å². The predicted molar refractivity (Wildman–Crippen MR) is 73.1 cm³/mol. The van der Waals surface area contributed by atoms with Gasteiger partial charge in [0.2, 0.25) is 0 Å². The molecule has 2 rings (SSSR count). The van der Waals surface area contributed by atoms with Gasteiger partial charge in [-0.05, 0) is 28.9 Å². The number of alkyl halides is 1. The summed E-state index contributed by atoms with van der Waals surface area (Å²) in [7, 11) is 0. The number of nitro groups is 1. The van der Waals surface area contributed by atoms with Crippen molar-refractivity contribution in [2.75, 3.05) is 0 Å². The molecule has 1 aromatic heterocycles. The number of hydrogen-bond donors (Lipinski definition) is 0. The van der Waals surface area contributed by atoms with Crippen LogP contribution in [0.25, 0.3) is 5.69 Å². The molecule has 0 atom stereocenters. The Morgan fingerprint density at radius 3 is 2.78 bits per heavy atom. The first-order valence-electron chi connectivity index (χ1n) is 4.95. The molecule has 0 bridgehead atoms. The van der Waals surface area contributed by atoms with Crippen LogP contribution >= 0.6 is 31.9 Å². The van der Waals surface area contributed by atoms with Crippen LogP contribution in [0, 0.1) is 17.0 Å². The summed E-state index contributed by atoms with van der Waals surface area (Å²) in [6, 6.07) is 3.18. The van der Waals surface area contributed by atoms with Crippen molar-refractivity contribution in [1.82, 2.24) is 15.0 Å². The van der Waals surface area contributed by atoms with E-state index in [1.807, 2.05) is 0 Å². The summed E-state index contributed by atoms with van der Waals surface area (Å²) < 4.78 is 2.24. The van der Waals surface area contributed by atoms with E-state index in [-0.39, 0.29) is 5.69 Å². The molecule has 0 fully saturated rings. The van der Waals surface area contributed by atoms with Gasteiger partial charge < -0.3 is 0 Å². The normalized spacial score (nSPS) is 10.6. The molecular formula is C10H8Br2N4O2. The van der Waals surface area contributed by atoms with Crippen LogP contribution in [-0.4, -0.2) is 19.9 Å². The van der Waals surface area contributed by atoms with Gasteiger partial charge in [0.25, 0.3) is 5.69 Å². The summed E-state index contributed by atoms with van der Waals surface area (Å²) >= 11 is 6.65. The molecule has 18 heavy (non-hydrogen) atoms. The Balaban J connectivity index is 2.56. The molecule has 6 nitrogen and oxygen atoms in total. The van der Waals surface area contributed by atoms with Crippen LogP contribution in [0.15, 0.2) is 22.8 Å². The molecule has 0 saturated heterocycles. The van der Waals surface area contributed by atoms with E-state index in [1.165, 1.54) is 10.7 Å². The van der Waals surface area contributed by atoms with Crippen LogP contribution in [0.5, 0.6) is 0 Å². The standard InChI is InChI=1S/C10H8Br2N4O2/c1-6-2-8(12)10(3-9(6)16(17)18)15-5-7(4-11)13-14-15/h2-3,5H,4H2,1H3. The highest BCUT2D eigenvalue weighted by molar-refractivity contribution is 9.10. The van der Waals surface area contributed by atoms with Crippen LogP contribution in [0.3, 0.4) is 0 Å². The highest BCUT2D eigenvalue weighted by atomic mass is 79.9. The van der Waals surface area contributed by atoms with Crippen molar-refractivity contribution in [3.05, 3.63) is 44.2 Å². The lowest BCUT2D eigenvalue weighted by Crippen LogP contribution is -2.00. The molecular weight excluding hydrogens is 368 g/mol. The fraction of sp³-hybridized carbons (Fsp3) is 0.200. The molecule has 0 spiro atoms.